The molecule has 0 aromatic heterocycles. The van der Waals surface area contributed by atoms with Crippen molar-refractivity contribution < 1.29 is 4.74 Å². The summed E-state index contributed by atoms with van der Waals surface area (Å²) in [4.78, 5) is 0. The highest BCUT2D eigenvalue weighted by Gasteiger charge is 2.36. The minimum Gasteiger partial charge on any atom is -0.381 e. The molecular formula is C9H19NO. The number of ether oxygens (including phenoxy) is 1. The van der Waals surface area contributed by atoms with E-state index in [0.717, 1.165) is 19.8 Å². The lowest BCUT2D eigenvalue weighted by atomic mass is 9.69. The van der Waals surface area contributed by atoms with E-state index in [9.17, 15) is 0 Å². The molecule has 0 aromatic carbocycles. The number of nitrogens with one attached hydrogen (secondary N) is 1. The second-order valence-electron chi connectivity index (χ2n) is 3.52. The number of hydrogen-bond donors (Lipinski definition) is 1. The van der Waals surface area contributed by atoms with Crippen molar-refractivity contribution in [3.05, 3.63) is 0 Å². The van der Waals surface area contributed by atoms with E-state index in [0.29, 0.717) is 5.41 Å². The smallest absolute Gasteiger partial charge is 0.0534 e. The lowest BCUT2D eigenvalue weighted by Crippen LogP contribution is -2.42. The van der Waals surface area contributed by atoms with Gasteiger partial charge in [-0.25, -0.2) is 0 Å². The van der Waals surface area contributed by atoms with E-state index in [1.165, 1.54) is 19.3 Å². The Morgan fingerprint density at radius 1 is 1.45 bits per heavy atom. The summed E-state index contributed by atoms with van der Waals surface area (Å²) in [5.74, 6) is 0. The molecule has 0 amide bonds. The third-order valence-corrected chi connectivity index (χ3v) is 2.58. The quantitative estimate of drug-likeness (QED) is 0.651. The van der Waals surface area contributed by atoms with E-state index in [1.54, 1.807) is 0 Å². The topological polar surface area (TPSA) is 21.3 Å². The van der Waals surface area contributed by atoms with Crippen LogP contribution >= 0.6 is 0 Å². The zero-order valence-electron chi connectivity index (χ0n) is 7.65. The molecule has 0 aromatic rings. The molecular weight excluding hydrogens is 138 g/mol. The molecule has 0 spiro atoms. The van der Waals surface area contributed by atoms with Crippen LogP contribution < -0.4 is 5.32 Å². The molecule has 11 heavy (non-hydrogen) atoms. The maximum atomic E-state index is 5.45. The van der Waals surface area contributed by atoms with Gasteiger partial charge in [0.15, 0.2) is 0 Å². The average molecular weight is 157 g/mol. The Labute approximate surface area is 69.3 Å². The molecule has 66 valence electrons. The van der Waals surface area contributed by atoms with Crippen LogP contribution in [-0.4, -0.2) is 26.8 Å². The molecule has 0 unspecified atom stereocenters. The third-order valence-electron chi connectivity index (χ3n) is 2.58. The predicted molar refractivity (Wildman–Crippen MR) is 46.7 cm³/mol. The molecule has 1 aliphatic rings. The lowest BCUT2D eigenvalue weighted by molar-refractivity contribution is 0.000467. The first-order chi connectivity index (χ1) is 5.33. The van der Waals surface area contributed by atoms with Gasteiger partial charge in [-0.2, -0.15) is 0 Å². The Balaban J connectivity index is 2.22. The van der Waals surface area contributed by atoms with Gasteiger partial charge < -0.3 is 10.1 Å². The van der Waals surface area contributed by atoms with Crippen molar-refractivity contribution in [2.45, 2.75) is 26.2 Å². The SMILES string of the molecule is CCOCC1(CNC)CCC1. The summed E-state index contributed by atoms with van der Waals surface area (Å²) in [6.07, 6.45) is 4.07. The van der Waals surface area contributed by atoms with Crippen LogP contribution in [0.25, 0.3) is 0 Å². The van der Waals surface area contributed by atoms with Crippen LogP contribution in [0.2, 0.25) is 0 Å². The minimum absolute atomic E-state index is 0.491. The van der Waals surface area contributed by atoms with Gasteiger partial charge >= 0.3 is 0 Å². The van der Waals surface area contributed by atoms with E-state index in [2.05, 4.69) is 12.2 Å². The van der Waals surface area contributed by atoms with Crippen LogP contribution in [0.1, 0.15) is 26.2 Å². The van der Waals surface area contributed by atoms with E-state index < -0.39 is 0 Å². The van der Waals surface area contributed by atoms with Crippen molar-refractivity contribution in [1.82, 2.24) is 5.32 Å². The second kappa shape index (κ2) is 4.07. The predicted octanol–water partition coefficient (Wildman–Crippen LogP) is 1.41. The molecule has 0 atom stereocenters. The number of rotatable bonds is 5. The summed E-state index contributed by atoms with van der Waals surface area (Å²) in [7, 11) is 2.02. The molecule has 0 heterocycles. The molecule has 2 heteroatoms. The maximum absolute atomic E-state index is 5.45. The van der Waals surface area contributed by atoms with E-state index in [-0.39, 0.29) is 0 Å². The van der Waals surface area contributed by atoms with Gasteiger partial charge in [-0.3, -0.25) is 0 Å². The van der Waals surface area contributed by atoms with Gasteiger partial charge in [0.2, 0.25) is 0 Å². The largest absolute Gasteiger partial charge is 0.381 e. The summed E-state index contributed by atoms with van der Waals surface area (Å²) in [5, 5.41) is 3.24. The van der Waals surface area contributed by atoms with Gasteiger partial charge in [0.1, 0.15) is 0 Å². The van der Waals surface area contributed by atoms with Gasteiger partial charge in [-0.15, -0.1) is 0 Å². The fraction of sp³-hybridized carbons (Fsp3) is 1.00. The van der Waals surface area contributed by atoms with Crippen LogP contribution in [0.3, 0.4) is 0 Å². The highest BCUT2D eigenvalue weighted by atomic mass is 16.5. The van der Waals surface area contributed by atoms with Crippen LogP contribution in [0, 0.1) is 5.41 Å². The molecule has 1 N–H and O–H groups in total. The Kier molecular flexibility index (Phi) is 3.34. The van der Waals surface area contributed by atoms with Gasteiger partial charge in [0, 0.05) is 18.6 Å². The Morgan fingerprint density at radius 3 is 2.55 bits per heavy atom. The first-order valence-corrected chi connectivity index (χ1v) is 4.55. The van der Waals surface area contributed by atoms with Crippen molar-refractivity contribution in [2.24, 2.45) is 5.41 Å². The zero-order chi connectivity index (χ0) is 8.16. The summed E-state index contributed by atoms with van der Waals surface area (Å²) < 4.78 is 5.45. The highest BCUT2D eigenvalue weighted by molar-refractivity contribution is 4.88. The standard InChI is InChI=1S/C9H19NO/c1-3-11-8-9(7-10-2)5-4-6-9/h10H,3-8H2,1-2H3. The number of hydrogen-bond acceptors (Lipinski definition) is 2. The van der Waals surface area contributed by atoms with E-state index >= 15 is 0 Å². The molecule has 1 fully saturated rings. The molecule has 0 aliphatic heterocycles. The first kappa shape index (κ1) is 9.01. The van der Waals surface area contributed by atoms with Crippen LogP contribution in [-0.2, 0) is 4.74 Å². The van der Waals surface area contributed by atoms with Crippen LogP contribution in [0.15, 0.2) is 0 Å². The lowest BCUT2D eigenvalue weighted by Gasteiger charge is -2.41. The summed E-state index contributed by atoms with van der Waals surface area (Å²) >= 11 is 0. The van der Waals surface area contributed by atoms with Crippen molar-refractivity contribution in [3.63, 3.8) is 0 Å². The van der Waals surface area contributed by atoms with Crippen LogP contribution in [0.4, 0.5) is 0 Å². The normalized spacial score (nSPS) is 21.3. The van der Waals surface area contributed by atoms with E-state index in [4.69, 9.17) is 4.74 Å². The minimum atomic E-state index is 0.491. The zero-order valence-corrected chi connectivity index (χ0v) is 7.65. The average Bonchev–Trinajstić information content (AvgIpc) is 1.95. The molecule has 0 bridgehead atoms. The van der Waals surface area contributed by atoms with Crippen LogP contribution in [0.5, 0.6) is 0 Å². The maximum Gasteiger partial charge on any atom is 0.0534 e. The van der Waals surface area contributed by atoms with Gasteiger partial charge in [-0.05, 0) is 26.8 Å². The van der Waals surface area contributed by atoms with Crippen molar-refractivity contribution >= 4 is 0 Å². The molecule has 1 saturated carbocycles. The summed E-state index contributed by atoms with van der Waals surface area (Å²) in [6.45, 7) is 4.98. The molecule has 1 rings (SSSR count). The molecule has 0 saturated heterocycles. The fourth-order valence-electron chi connectivity index (χ4n) is 1.74. The Hall–Kier alpha value is -0.0800. The highest BCUT2D eigenvalue weighted by Crippen LogP contribution is 2.40. The van der Waals surface area contributed by atoms with Gasteiger partial charge in [0.25, 0.3) is 0 Å². The van der Waals surface area contributed by atoms with Gasteiger partial charge in [0.05, 0.1) is 6.61 Å². The molecule has 1 aliphatic carbocycles. The van der Waals surface area contributed by atoms with Crippen molar-refractivity contribution in [1.29, 1.82) is 0 Å². The van der Waals surface area contributed by atoms with E-state index in [1.807, 2.05) is 7.05 Å². The van der Waals surface area contributed by atoms with Gasteiger partial charge in [-0.1, -0.05) is 6.42 Å². The summed E-state index contributed by atoms with van der Waals surface area (Å²) in [5.41, 5.74) is 0.491. The van der Waals surface area contributed by atoms with Crippen molar-refractivity contribution in [3.8, 4) is 0 Å². The monoisotopic (exact) mass is 157 g/mol. The third kappa shape index (κ3) is 2.17. The Morgan fingerprint density at radius 2 is 2.18 bits per heavy atom. The molecule has 0 radical (unpaired) electrons. The fourth-order valence-corrected chi connectivity index (χ4v) is 1.74. The van der Waals surface area contributed by atoms with Crippen molar-refractivity contribution in [2.75, 3.05) is 26.8 Å². The first-order valence-electron chi connectivity index (χ1n) is 4.55. The molecule has 2 nitrogen and oxygen atoms in total. The summed E-state index contributed by atoms with van der Waals surface area (Å²) in [6, 6.07) is 0. The second-order valence-corrected chi connectivity index (χ2v) is 3.52. The Bertz CT molecular complexity index is 110.